The number of carbonyl (C=O) groups is 1. The first-order valence-corrected chi connectivity index (χ1v) is 4.75. The molecule has 0 saturated heterocycles. The second-order valence-corrected chi connectivity index (χ2v) is 3.17. The van der Waals surface area contributed by atoms with Crippen LogP contribution >= 0.6 is 0 Å². The van der Waals surface area contributed by atoms with E-state index < -0.39 is 12.0 Å². The lowest BCUT2D eigenvalue weighted by atomic mass is 10.3. The van der Waals surface area contributed by atoms with Gasteiger partial charge in [-0.1, -0.05) is 12.1 Å². The van der Waals surface area contributed by atoms with E-state index in [9.17, 15) is 4.79 Å². The van der Waals surface area contributed by atoms with Gasteiger partial charge in [0, 0.05) is 12.4 Å². The Morgan fingerprint density at radius 1 is 1.25 bits per heavy atom. The summed E-state index contributed by atoms with van der Waals surface area (Å²) in [5.74, 6) is -0.963. The van der Waals surface area contributed by atoms with Gasteiger partial charge in [-0.05, 0) is 19.1 Å². The molecule has 1 aromatic heterocycles. The quantitative estimate of drug-likeness (QED) is 0.748. The molecule has 84 valence electrons. The van der Waals surface area contributed by atoms with Crippen LogP contribution in [0, 0.1) is 0 Å². The maximum atomic E-state index is 9.57. The van der Waals surface area contributed by atoms with Crippen molar-refractivity contribution in [1.82, 2.24) is 9.97 Å². The number of rotatable bonds is 1. The molecule has 1 heterocycles. The zero-order chi connectivity index (χ0) is 12.0. The van der Waals surface area contributed by atoms with Crippen molar-refractivity contribution in [3.8, 4) is 0 Å². The van der Waals surface area contributed by atoms with Gasteiger partial charge in [0.25, 0.3) is 0 Å². The molecule has 16 heavy (non-hydrogen) atoms. The molecule has 0 radical (unpaired) electrons. The first-order chi connectivity index (χ1) is 7.61. The van der Waals surface area contributed by atoms with Crippen LogP contribution in [0.15, 0.2) is 36.7 Å². The highest BCUT2D eigenvalue weighted by Crippen LogP contribution is 2.04. The molecule has 0 spiro atoms. The van der Waals surface area contributed by atoms with E-state index in [1.807, 2.05) is 24.3 Å². The van der Waals surface area contributed by atoms with Gasteiger partial charge < -0.3 is 10.8 Å². The second kappa shape index (κ2) is 5.77. The number of benzene rings is 1. The van der Waals surface area contributed by atoms with Crippen LogP contribution in [0.4, 0.5) is 0 Å². The van der Waals surface area contributed by atoms with Crippen molar-refractivity contribution < 1.29 is 9.90 Å². The van der Waals surface area contributed by atoms with Gasteiger partial charge in [-0.2, -0.15) is 0 Å². The minimum absolute atomic E-state index is 0.731. The summed E-state index contributed by atoms with van der Waals surface area (Å²) < 4.78 is 0. The number of fused-ring (bicyclic) bond motifs is 1. The van der Waals surface area contributed by atoms with Gasteiger partial charge in [0.05, 0.1) is 11.0 Å². The average molecular weight is 219 g/mol. The van der Waals surface area contributed by atoms with Crippen LogP contribution in [0.3, 0.4) is 0 Å². The number of aromatic nitrogens is 2. The molecule has 0 aliphatic heterocycles. The summed E-state index contributed by atoms with van der Waals surface area (Å²) in [5, 5.41) is 7.87. The van der Waals surface area contributed by atoms with Crippen molar-refractivity contribution in [2.75, 3.05) is 0 Å². The van der Waals surface area contributed by atoms with E-state index in [1.54, 1.807) is 12.4 Å². The van der Waals surface area contributed by atoms with Gasteiger partial charge >= 0.3 is 5.97 Å². The first kappa shape index (κ1) is 12.1. The molecule has 0 bridgehead atoms. The number of hydrogen-bond donors (Lipinski definition) is 2. The summed E-state index contributed by atoms with van der Waals surface area (Å²) in [7, 11) is 0. The molecule has 0 saturated carbocycles. The molecule has 1 aromatic carbocycles. The van der Waals surface area contributed by atoms with Gasteiger partial charge in [0.1, 0.15) is 6.04 Å². The molecule has 1 atom stereocenters. The summed E-state index contributed by atoms with van der Waals surface area (Å²) in [4.78, 5) is 17.8. The molecular formula is C11H13N3O2. The van der Waals surface area contributed by atoms with Crippen molar-refractivity contribution in [2.24, 2.45) is 5.73 Å². The van der Waals surface area contributed by atoms with Crippen LogP contribution in [0.1, 0.15) is 6.92 Å². The molecule has 0 aliphatic carbocycles. The second-order valence-electron chi connectivity index (χ2n) is 3.17. The fraction of sp³-hybridized carbons (Fsp3) is 0.182. The van der Waals surface area contributed by atoms with Crippen molar-refractivity contribution in [1.29, 1.82) is 0 Å². The van der Waals surface area contributed by atoms with E-state index in [0.717, 1.165) is 11.0 Å². The Bertz CT molecular complexity index is 406. The normalized spacial score (nSPS) is 11.4. The third-order valence-corrected chi connectivity index (χ3v) is 1.77. The highest BCUT2D eigenvalue weighted by atomic mass is 16.4. The lowest BCUT2D eigenvalue weighted by Gasteiger charge is -1.90. The number of hydrogen-bond acceptors (Lipinski definition) is 4. The lowest BCUT2D eigenvalue weighted by Crippen LogP contribution is -2.25. The number of carboxylic acids is 1. The van der Waals surface area contributed by atoms with Crippen molar-refractivity contribution in [2.45, 2.75) is 13.0 Å². The van der Waals surface area contributed by atoms with E-state index in [1.165, 1.54) is 6.92 Å². The minimum atomic E-state index is -0.963. The number of carboxylic acid groups (broad SMARTS) is 1. The lowest BCUT2D eigenvalue weighted by molar-refractivity contribution is -0.138. The van der Waals surface area contributed by atoms with E-state index in [2.05, 4.69) is 9.97 Å². The smallest absolute Gasteiger partial charge is 0.320 e. The Hall–Kier alpha value is -2.01. The van der Waals surface area contributed by atoms with Crippen LogP contribution in [0.25, 0.3) is 11.0 Å². The van der Waals surface area contributed by atoms with E-state index >= 15 is 0 Å². The monoisotopic (exact) mass is 219 g/mol. The molecule has 0 fully saturated rings. The van der Waals surface area contributed by atoms with Crippen molar-refractivity contribution >= 4 is 17.0 Å². The molecule has 0 aliphatic rings. The zero-order valence-electron chi connectivity index (χ0n) is 8.87. The standard InChI is InChI=1S/C8H6N2.C3H7NO2/c1-2-4-8-7(3-1)9-5-6-10-8;1-2(4)3(5)6/h1-6H;2H,4H2,1H3,(H,5,6)/t;2-/m.0/s1. The number of nitrogens with zero attached hydrogens (tertiary/aromatic N) is 2. The fourth-order valence-electron chi connectivity index (χ4n) is 0.910. The molecule has 2 aromatic rings. The Morgan fingerprint density at radius 2 is 1.62 bits per heavy atom. The molecule has 5 heteroatoms. The van der Waals surface area contributed by atoms with Crippen molar-refractivity contribution in [3.05, 3.63) is 36.7 Å². The van der Waals surface area contributed by atoms with Gasteiger partial charge in [-0.3, -0.25) is 14.8 Å². The van der Waals surface area contributed by atoms with E-state index in [-0.39, 0.29) is 0 Å². The summed E-state index contributed by atoms with van der Waals surface area (Å²) in [5.41, 5.74) is 6.73. The first-order valence-electron chi connectivity index (χ1n) is 4.75. The SMILES string of the molecule is C[C@H](N)C(=O)O.c1ccc2nccnc2c1. The zero-order valence-corrected chi connectivity index (χ0v) is 8.87. The summed E-state index contributed by atoms with van der Waals surface area (Å²) in [6.07, 6.45) is 3.39. The third-order valence-electron chi connectivity index (χ3n) is 1.77. The molecule has 0 unspecified atom stereocenters. The summed E-state index contributed by atoms with van der Waals surface area (Å²) in [6.45, 7) is 1.42. The van der Waals surface area contributed by atoms with Crippen LogP contribution in [0.2, 0.25) is 0 Å². The number of nitrogens with two attached hydrogens (primary N) is 1. The maximum Gasteiger partial charge on any atom is 0.320 e. The Kier molecular flexibility index (Phi) is 4.35. The third kappa shape index (κ3) is 3.62. The topological polar surface area (TPSA) is 89.1 Å². The Morgan fingerprint density at radius 3 is 1.94 bits per heavy atom. The number of aliphatic carboxylic acids is 1. The minimum Gasteiger partial charge on any atom is -0.480 e. The van der Waals surface area contributed by atoms with Gasteiger partial charge in [-0.15, -0.1) is 0 Å². The molecule has 5 nitrogen and oxygen atoms in total. The highest BCUT2D eigenvalue weighted by Gasteiger charge is 1.99. The Labute approximate surface area is 92.9 Å². The van der Waals surface area contributed by atoms with Crippen LogP contribution < -0.4 is 5.73 Å². The average Bonchev–Trinajstić information content (AvgIpc) is 2.30. The van der Waals surface area contributed by atoms with E-state index in [0.29, 0.717) is 0 Å². The maximum absolute atomic E-state index is 9.57. The van der Waals surface area contributed by atoms with Crippen LogP contribution in [-0.2, 0) is 4.79 Å². The predicted molar refractivity (Wildman–Crippen MR) is 60.8 cm³/mol. The van der Waals surface area contributed by atoms with Gasteiger partial charge in [0.2, 0.25) is 0 Å². The highest BCUT2D eigenvalue weighted by molar-refractivity contribution is 5.73. The number of para-hydroxylation sites is 2. The fourth-order valence-corrected chi connectivity index (χ4v) is 0.910. The van der Waals surface area contributed by atoms with Crippen LogP contribution in [0.5, 0.6) is 0 Å². The largest absolute Gasteiger partial charge is 0.480 e. The molecular weight excluding hydrogens is 206 g/mol. The summed E-state index contributed by atoms with van der Waals surface area (Å²) >= 11 is 0. The predicted octanol–water partition coefficient (Wildman–Crippen LogP) is 1.05. The van der Waals surface area contributed by atoms with Gasteiger partial charge in [0.15, 0.2) is 0 Å². The van der Waals surface area contributed by atoms with Crippen molar-refractivity contribution in [3.63, 3.8) is 0 Å². The molecule has 2 rings (SSSR count). The molecule has 0 amide bonds. The molecule has 3 N–H and O–H groups in total. The van der Waals surface area contributed by atoms with E-state index in [4.69, 9.17) is 10.8 Å². The van der Waals surface area contributed by atoms with Gasteiger partial charge in [-0.25, -0.2) is 0 Å². The Balaban J connectivity index is 0.000000187. The summed E-state index contributed by atoms with van der Waals surface area (Å²) in [6, 6.07) is 7.07. The van der Waals surface area contributed by atoms with Crippen LogP contribution in [-0.4, -0.2) is 27.1 Å².